The van der Waals surface area contributed by atoms with Crippen molar-refractivity contribution in [2.75, 3.05) is 23.3 Å². The van der Waals surface area contributed by atoms with Crippen LogP contribution >= 0.6 is 0 Å². The third-order valence-corrected chi connectivity index (χ3v) is 7.15. The van der Waals surface area contributed by atoms with Crippen LogP contribution in [0.25, 0.3) is 16.6 Å². The fourth-order valence-corrected chi connectivity index (χ4v) is 5.51. The van der Waals surface area contributed by atoms with Gasteiger partial charge < -0.3 is 10.2 Å². The fourth-order valence-electron chi connectivity index (χ4n) is 5.51. The van der Waals surface area contributed by atoms with Gasteiger partial charge >= 0.3 is 0 Å². The first-order chi connectivity index (χ1) is 16.6. The lowest BCUT2D eigenvalue weighted by Gasteiger charge is -2.36. The predicted molar refractivity (Wildman–Crippen MR) is 134 cm³/mol. The van der Waals surface area contributed by atoms with Crippen LogP contribution in [0.3, 0.4) is 0 Å². The standard InChI is InChI=1S/C27H29FN6/c1-18(2)32-16-23-13-22(32)17-33(23)27-24-9-8-20(28)12-25(24)34(31-27)21-10-11-29-26(14-21)30-15-19-6-4-3-5-7-19/h3-12,14,18,22-23H,13,15-17H2,1-2H3,(H,29,30). The number of anilines is 2. The van der Waals surface area contributed by atoms with Gasteiger partial charge in [0.2, 0.25) is 0 Å². The van der Waals surface area contributed by atoms with Gasteiger partial charge in [0.15, 0.2) is 5.82 Å². The Kier molecular flexibility index (Phi) is 5.21. The molecule has 2 atom stereocenters. The largest absolute Gasteiger partial charge is 0.366 e. The van der Waals surface area contributed by atoms with Gasteiger partial charge in [0.25, 0.3) is 0 Å². The van der Waals surface area contributed by atoms with Gasteiger partial charge in [0.1, 0.15) is 11.6 Å². The third-order valence-electron chi connectivity index (χ3n) is 7.15. The van der Waals surface area contributed by atoms with Gasteiger partial charge in [-0.15, -0.1) is 5.10 Å². The zero-order valence-corrected chi connectivity index (χ0v) is 19.5. The van der Waals surface area contributed by atoms with Crippen LogP contribution < -0.4 is 10.2 Å². The molecular formula is C27H29FN6. The van der Waals surface area contributed by atoms with Crippen molar-refractivity contribution in [1.82, 2.24) is 19.7 Å². The summed E-state index contributed by atoms with van der Waals surface area (Å²) in [5.41, 5.74) is 2.82. The maximum absolute atomic E-state index is 14.3. The molecule has 2 saturated heterocycles. The molecule has 2 aromatic carbocycles. The smallest absolute Gasteiger partial charge is 0.159 e. The monoisotopic (exact) mass is 456 g/mol. The quantitative estimate of drug-likeness (QED) is 0.450. The van der Waals surface area contributed by atoms with Gasteiger partial charge in [0, 0.05) is 61.5 Å². The summed E-state index contributed by atoms with van der Waals surface area (Å²) in [5, 5.41) is 9.41. The molecule has 7 heteroatoms. The van der Waals surface area contributed by atoms with E-state index in [2.05, 4.69) is 46.1 Å². The zero-order valence-electron chi connectivity index (χ0n) is 19.5. The van der Waals surface area contributed by atoms with Crippen LogP contribution in [0.4, 0.5) is 16.0 Å². The maximum atomic E-state index is 14.3. The first kappa shape index (κ1) is 21.1. The second-order valence-electron chi connectivity index (χ2n) is 9.62. The number of rotatable bonds is 6. The van der Waals surface area contributed by atoms with Crippen LogP contribution in [0.2, 0.25) is 0 Å². The summed E-state index contributed by atoms with van der Waals surface area (Å²) >= 11 is 0. The van der Waals surface area contributed by atoms with Crippen molar-refractivity contribution in [2.24, 2.45) is 0 Å². The average Bonchev–Trinajstić information content (AvgIpc) is 3.56. The molecule has 2 unspecified atom stereocenters. The van der Waals surface area contributed by atoms with E-state index in [-0.39, 0.29) is 5.82 Å². The number of nitrogens with one attached hydrogen (secondary N) is 1. The number of piperazine rings is 1. The summed E-state index contributed by atoms with van der Waals surface area (Å²) in [6.45, 7) is 7.24. The molecule has 2 fully saturated rings. The van der Waals surface area contributed by atoms with Gasteiger partial charge in [-0.25, -0.2) is 14.1 Å². The molecule has 174 valence electrons. The van der Waals surface area contributed by atoms with Crippen molar-refractivity contribution < 1.29 is 4.39 Å². The van der Waals surface area contributed by atoms with Crippen molar-refractivity contribution in [3.63, 3.8) is 0 Å². The Morgan fingerprint density at radius 3 is 2.65 bits per heavy atom. The Morgan fingerprint density at radius 1 is 1.03 bits per heavy atom. The van der Waals surface area contributed by atoms with E-state index < -0.39 is 0 Å². The van der Waals surface area contributed by atoms with Crippen LogP contribution in [0.1, 0.15) is 25.8 Å². The summed E-state index contributed by atoms with van der Waals surface area (Å²) in [5.74, 6) is 1.45. The topological polar surface area (TPSA) is 49.2 Å². The number of aromatic nitrogens is 3. The van der Waals surface area contributed by atoms with E-state index in [9.17, 15) is 4.39 Å². The molecule has 6 nitrogen and oxygen atoms in total. The van der Waals surface area contributed by atoms with Gasteiger partial charge in [0.05, 0.1) is 11.2 Å². The number of fused-ring (bicyclic) bond motifs is 3. The van der Waals surface area contributed by atoms with E-state index in [0.29, 0.717) is 24.7 Å². The molecule has 34 heavy (non-hydrogen) atoms. The van der Waals surface area contributed by atoms with Crippen LogP contribution in [0.5, 0.6) is 0 Å². The average molecular weight is 457 g/mol. The highest BCUT2D eigenvalue weighted by molar-refractivity contribution is 5.92. The van der Waals surface area contributed by atoms with Gasteiger partial charge in [-0.05, 0) is 44.0 Å². The van der Waals surface area contributed by atoms with Gasteiger partial charge in [-0.3, -0.25) is 4.90 Å². The van der Waals surface area contributed by atoms with Crippen LogP contribution in [-0.2, 0) is 6.54 Å². The fraction of sp³-hybridized carbons (Fsp3) is 0.333. The zero-order chi connectivity index (χ0) is 23.2. The number of benzene rings is 2. The molecule has 1 N–H and O–H groups in total. The van der Waals surface area contributed by atoms with E-state index in [1.165, 1.54) is 11.6 Å². The van der Waals surface area contributed by atoms with E-state index in [4.69, 9.17) is 5.10 Å². The second-order valence-corrected chi connectivity index (χ2v) is 9.62. The minimum absolute atomic E-state index is 0.259. The van der Waals surface area contributed by atoms with Crippen LogP contribution in [-0.4, -0.2) is 50.9 Å². The normalized spacial score (nSPS) is 20.1. The molecule has 2 bridgehead atoms. The molecule has 2 aromatic heterocycles. The van der Waals surface area contributed by atoms with Gasteiger partial charge in [-0.1, -0.05) is 30.3 Å². The molecular weight excluding hydrogens is 427 g/mol. The van der Waals surface area contributed by atoms with Crippen LogP contribution in [0, 0.1) is 5.82 Å². The SMILES string of the molecule is CC(C)N1CC2CC1CN2c1nn(-c2ccnc(NCc3ccccc3)c2)c2cc(F)ccc12. The number of hydrogen-bond acceptors (Lipinski definition) is 5. The molecule has 2 aliphatic heterocycles. The molecule has 0 radical (unpaired) electrons. The highest BCUT2D eigenvalue weighted by atomic mass is 19.1. The highest BCUT2D eigenvalue weighted by Crippen LogP contribution is 2.39. The van der Waals surface area contributed by atoms with Crippen molar-refractivity contribution in [1.29, 1.82) is 0 Å². The minimum Gasteiger partial charge on any atom is -0.366 e. The number of likely N-dealkylation sites (tertiary alicyclic amines) is 1. The lowest BCUT2D eigenvalue weighted by atomic mass is 10.2. The van der Waals surface area contributed by atoms with E-state index in [0.717, 1.165) is 47.7 Å². The Labute approximate surface area is 199 Å². The Morgan fingerprint density at radius 2 is 1.88 bits per heavy atom. The lowest BCUT2D eigenvalue weighted by molar-refractivity contribution is 0.191. The summed E-state index contributed by atoms with van der Waals surface area (Å²) in [6, 6.07) is 20.7. The number of hydrogen-bond donors (Lipinski definition) is 1. The highest BCUT2D eigenvalue weighted by Gasteiger charge is 2.45. The molecule has 4 heterocycles. The number of pyridine rings is 1. The summed E-state index contributed by atoms with van der Waals surface area (Å²) in [7, 11) is 0. The van der Waals surface area contributed by atoms with E-state index >= 15 is 0 Å². The van der Waals surface area contributed by atoms with Crippen molar-refractivity contribution in [3.8, 4) is 5.69 Å². The molecule has 4 aromatic rings. The predicted octanol–water partition coefficient (Wildman–Crippen LogP) is 4.84. The molecule has 0 spiro atoms. The first-order valence-electron chi connectivity index (χ1n) is 12.0. The molecule has 6 rings (SSSR count). The Hall–Kier alpha value is -3.45. The Balaban J connectivity index is 1.33. The molecule has 2 aliphatic rings. The maximum Gasteiger partial charge on any atom is 0.159 e. The molecule has 0 saturated carbocycles. The first-order valence-corrected chi connectivity index (χ1v) is 12.0. The van der Waals surface area contributed by atoms with Crippen LogP contribution in [0.15, 0.2) is 66.9 Å². The third kappa shape index (κ3) is 3.70. The van der Waals surface area contributed by atoms with Crippen molar-refractivity contribution in [3.05, 3.63) is 78.2 Å². The van der Waals surface area contributed by atoms with Crippen molar-refractivity contribution >= 4 is 22.5 Å². The summed E-state index contributed by atoms with van der Waals surface area (Å²) in [4.78, 5) is 9.49. The molecule has 0 amide bonds. The Bertz CT molecular complexity index is 1320. The minimum atomic E-state index is -0.259. The summed E-state index contributed by atoms with van der Waals surface area (Å²) < 4.78 is 16.2. The lowest BCUT2D eigenvalue weighted by Crippen LogP contribution is -2.49. The second kappa shape index (κ2) is 8.40. The van der Waals surface area contributed by atoms with E-state index in [1.807, 2.05) is 41.1 Å². The molecule has 0 aliphatic carbocycles. The van der Waals surface area contributed by atoms with Crippen molar-refractivity contribution in [2.45, 2.75) is 44.9 Å². The number of halogens is 1. The number of nitrogens with zero attached hydrogens (tertiary/aromatic N) is 5. The van der Waals surface area contributed by atoms with Gasteiger partial charge in [-0.2, -0.15) is 0 Å². The summed E-state index contributed by atoms with van der Waals surface area (Å²) in [6.07, 6.45) is 2.93. The van der Waals surface area contributed by atoms with E-state index in [1.54, 1.807) is 12.3 Å².